The summed E-state index contributed by atoms with van der Waals surface area (Å²) in [4.78, 5) is 10.6. The molecule has 0 saturated carbocycles. The van der Waals surface area contributed by atoms with Crippen LogP contribution < -0.4 is 5.32 Å². The average Bonchev–Trinajstić information content (AvgIpc) is 2.43. The minimum atomic E-state index is 0.0492. The fraction of sp³-hybridized carbons (Fsp3) is 0.938. The van der Waals surface area contributed by atoms with E-state index in [0.717, 1.165) is 39.0 Å². The molecule has 1 N–H and O–H groups in total. The average molecular weight is 287 g/mol. The summed E-state index contributed by atoms with van der Waals surface area (Å²) in [5, 5.41) is 2.79. The first-order valence-electron chi connectivity index (χ1n) is 8.17. The van der Waals surface area contributed by atoms with Gasteiger partial charge in [-0.15, -0.1) is 0 Å². The number of carbonyl (C=O) groups excluding carboxylic acids is 1. The van der Waals surface area contributed by atoms with E-state index in [-0.39, 0.29) is 5.91 Å². The Morgan fingerprint density at radius 1 is 0.800 bits per heavy atom. The standard InChI is InChI=1S/C16H33NO3/c1-3-4-5-6-9-12-19-14-15-20-13-10-7-8-11-17-16(2)18/h3-15H2,1-2H3,(H,17,18). The summed E-state index contributed by atoms with van der Waals surface area (Å²) >= 11 is 0. The van der Waals surface area contributed by atoms with Crippen LogP contribution in [0.3, 0.4) is 0 Å². The fourth-order valence-electron chi connectivity index (χ4n) is 1.90. The van der Waals surface area contributed by atoms with Gasteiger partial charge in [0.1, 0.15) is 0 Å². The maximum atomic E-state index is 10.6. The smallest absolute Gasteiger partial charge is 0.216 e. The second kappa shape index (κ2) is 16.4. The lowest BCUT2D eigenvalue weighted by Crippen LogP contribution is -2.20. The van der Waals surface area contributed by atoms with Crippen molar-refractivity contribution >= 4 is 5.91 Å². The van der Waals surface area contributed by atoms with Crippen molar-refractivity contribution < 1.29 is 14.3 Å². The predicted molar refractivity (Wildman–Crippen MR) is 82.9 cm³/mol. The van der Waals surface area contributed by atoms with Gasteiger partial charge in [0.15, 0.2) is 0 Å². The van der Waals surface area contributed by atoms with Gasteiger partial charge in [0.05, 0.1) is 13.2 Å². The van der Waals surface area contributed by atoms with E-state index in [4.69, 9.17) is 9.47 Å². The van der Waals surface area contributed by atoms with E-state index in [1.807, 2.05) is 0 Å². The van der Waals surface area contributed by atoms with Crippen LogP contribution in [0.5, 0.6) is 0 Å². The Hall–Kier alpha value is -0.610. The molecule has 0 spiro atoms. The first kappa shape index (κ1) is 19.4. The van der Waals surface area contributed by atoms with Crippen LogP contribution in [-0.4, -0.2) is 38.9 Å². The Bertz CT molecular complexity index is 210. The number of unbranched alkanes of at least 4 members (excludes halogenated alkanes) is 6. The zero-order chi connectivity index (χ0) is 14.9. The molecule has 120 valence electrons. The third-order valence-corrected chi connectivity index (χ3v) is 3.10. The minimum Gasteiger partial charge on any atom is -0.379 e. The molecule has 0 unspecified atom stereocenters. The molecule has 0 heterocycles. The molecule has 0 radical (unpaired) electrons. The van der Waals surface area contributed by atoms with Gasteiger partial charge >= 0.3 is 0 Å². The lowest BCUT2D eigenvalue weighted by atomic mass is 10.2. The van der Waals surface area contributed by atoms with E-state index < -0.39 is 0 Å². The van der Waals surface area contributed by atoms with Gasteiger partial charge < -0.3 is 14.8 Å². The summed E-state index contributed by atoms with van der Waals surface area (Å²) in [6, 6.07) is 0. The van der Waals surface area contributed by atoms with E-state index in [9.17, 15) is 4.79 Å². The van der Waals surface area contributed by atoms with Gasteiger partial charge in [-0.3, -0.25) is 4.79 Å². The highest BCUT2D eigenvalue weighted by molar-refractivity contribution is 5.72. The molecular weight excluding hydrogens is 254 g/mol. The molecule has 0 aliphatic heterocycles. The summed E-state index contributed by atoms with van der Waals surface area (Å²) in [6.45, 7) is 7.61. The van der Waals surface area contributed by atoms with Gasteiger partial charge in [-0.1, -0.05) is 32.6 Å². The first-order valence-corrected chi connectivity index (χ1v) is 8.17. The molecule has 0 aromatic heterocycles. The van der Waals surface area contributed by atoms with Crippen molar-refractivity contribution in [1.29, 1.82) is 0 Å². The highest BCUT2D eigenvalue weighted by atomic mass is 16.5. The van der Waals surface area contributed by atoms with E-state index in [1.54, 1.807) is 6.92 Å². The highest BCUT2D eigenvalue weighted by Crippen LogP contribution is 2.02. The molecule has 0 aromatic rings. The van der Waals surface area contributed by atoms with Crippen molar-refractivity contribution in [3.05, 3.63) is 0 Å². The lowest BCUT2D eigenvalue weighted by Gasteiger charge is -2.06. The Kier molecular flexibility index (Phi) is 15.9. The molecule has 20 heavy (non-hydrogen) atoms. The van der Waals surface area contributed by atoms with E-state index in [1.165, 1.54) is 32.1 Å². The van der Waals surface area contributed by atoms with E-state index >= 15 is 0 Å². The second-order valence-corrected chi connectivity index (χ2v) is 5.18. The van der Waals surface area contributed by atoms with Crippen molar-refractivity contribution in [3.63, 3.8) is 0 Å². The van der Waals surface area contributed by atoms with Crippen molar-refractivity contribution in [2.45, 2.75) is 65.2 Å². The summed E-state index contributed by atoms with van der Waals surface area (Å²) in [6.07, 6.45) is 9.58. The van der Waals surface area contributed by atoms with Crippen molar-refractivity contribution in [3.8, 4) is 0 Å². The van der Waals surface area contributed by atoms with Gasteiger partial charge in [0, 0.05) is 26.7 Å². The van der Waals surface area contributed by atoms with Crippen LogP contribution >= 0.6 is 0 Å². The number of ether oxygens (including phenoxy) is 2. The molecule has 4 heteroatoms. The van der Waals surface area contributed by atoms with E-state index in [0.29, 0.717) is 13.2 Å². The number of hydrogen-bond donors (Lipinski definition) is 1. The van der Waals surface area contributed by atoms with Crippen molar-refractivity contribution in [1.82, 2.24) is 5.32 Å². The van der Waals surface area contributed by atoms with Crippen LogP contribution in [0.25, 0.3) is 0 Å². The van der Waals surface area contributed by atoms with Crippen LogP contribution in [0.2, 0.25) is 0 Å². The third-order valence-electron chi connectivity index (χ3n) is 3.10. The molecule has 0 atom stereocenters. The van der Waals surface area contributed by atoms with Gasteiger partial charge in [-0.2, -0.15) is 0 Å². The molecule has 0 saturated heterocycles. The first-order chi connectivity index (χ1) is 9.77. The SMILES string of the molecule is CCCCCCCOCCOCCCCCNC(C)=O. The third kappa shape index (κ3) is 17.4. The Balaban J connectivity index is 2.94. The molecule has 0 aromatic carbocycles. The van der Waals surface area contributed by atoms with Crippen LogP contribution in [-0.2, 0) is 14.3 Å². The lowest BCUT2D eigenvalue weighted by molar-refractivity contribution is -0.118. The summed E-state index contributed by atoms with van der Waals surface area (Å²) in [5.41, 5.74) is 0. The zero-order valence-electron chi connectivity index (χ0n) is 13.4. The number of rotatable bonds is 15. The molecule has 4 nitrogen and oxygen atoms in total. The number of carbonyl (C=O) groups is 1. The van der Waals surface area contributed by atoms with Gasteiger partial charge in [0.2, 0.25) is 5.91 Å². The van der Waals surface area contributed by atoms with Gasteiger partial charge in [-0.05, 0) is 25.7 Å². The van der Waals surface area contributed by atoms with Crippen molar-refractivity contribution in [2.75, 3.05) is 33.0 Å². The number of hydrogen-bond acceptors (Lipinski definition) is 3. The second-order valence-electron chi connectivity index (χ2n) is 5.18. The van der Waals surface area contributed by atoms with Crippen molar-refractivity contribution in [2.24, 2.45) is 0 Å². The summed E-state index contributed by atoms with van der Waals surface area (Å²) in [7, 11) is 0. The molecule has 1 amide bonds. The molecule has 0 aliphatic rings. The van der Waals surface area contributed by atoms with Gasteiger partial charge in [0.25, 0.3) is 0 Å². The molecule has 0 bridgehead atoms. The highest BCUT2D eigenvalue weighted by Gasteiger charge is 1.94. The van der Waals surface area contributed by atoms with Crippen LogP contribution in [0.4, 0.5) is 0 Å². The number of amides is 1. The molecular formula is C16H33NO3. The minimum absolute atomic E-state index is 0.0492. The quantitative estimate of drug-likeness (QED) is 0.470. The van der Waals surface area contributed by atoms with Crippen LogP contribution in [0.15, 0.2) is 0 Å². The molecule has 0 fully saturated rings. The monoisotopic (exact) mass is 287 g/mol. The number of nitrogens with one attached hydrogen (secondary N) is 1. The normalized spacial score (nSPS) is 10.7. The Labute approximate surface area is 124 Å². The predicted octanol–water partition coefficient (Wildman–Crippen LogP) is 3.30. The Morgan fingerprint density at radius 2 is 1.35 bits per heavy atom. The largest absolute Gasteiger partial charge is 0.379 e. The van der Waals surface area contributed by atoms with Crippen LogP contribution in [0.1, 0.15) is 65.2 Å². The van der Waals surface area contributed by atoms with Gasteiger partial charge in [-0.25, -0.2) is 0 Å². The van der Waals surface area contributed by atoms with E-state index in [2.05, 4.69) is 12.2 Å². The zero-order valence-corrected chi connectivity index (χ0v) is 13.4. The maximum Gasteiger partial charge on any atom is 0.216 e. The summed E-state index contributed by atoms with van der Waals surface area (Å²) in [5.74, 6) is 0.0492. The summed E-state index contributed by atoms with van der Waals surface area (Å²) < 4.78 is 11.0. The maximum absolute atomic E-state index is 10.6. The molecule has 0 rings (SSSR count). The topological polar surface area (TPSA) is 47.6 Å². The fourth-order valence-corrected chi connectivity index (χ4v) is 1.90. The molecule has 0 aliphatic carbocycles. The van der Waals surface area contributed by atoms with Crippen LogP contribution in [0, 0.1) is 0 Å². The Morgan fingerprint density at radius 3 is 1.90 bits per heavy atom.